The maximum Gasteiger partial charge on any atom is 0.307 e. The lowest BCUT2D eigenvalue weighted by Gasteiger charge is -2.14. The van der Waals surface area contributed by atoms with E-state index in [2.05, 4.69) is 5.32 Å². The van der Waals surface area contributed by atoms with E-state index in [1.807, 2.05) is 0 Å². The van der Waals surface area contributed by atoms with E-state index >= 15 is 0 Å². The zero-order valence-electron chi connectivity index (χ0n) is 13.4. The summed E-state index contributed by atoms with van der Waals surface area (Å²) < 4.78 is 25.8. The van der Waals surface area contributed by atoms with Gasteiger partial charge in [0, 0.05) is 5.02 Å². The molecular weight excluding hydrogens is 368 g/mol. The van der Waals surface area contributed by atoms with Crippen LogP contribution >= 0.6 is 11.6 Å². The number of hydrogen-bond donors (Lipinski definition) is 2. The smallest absolute Gasteiger partial charge is 0.307 e. The van der Waals surface area contributed by atoms with Gasteiger partial charge in [-0.05, 0) is 43.5 Å². The number of halogens is 1. The number of carboxylic acid groups (broad SMARTS) is 1. The van der Waals surface area contributed by atoms with Crippen LogP contribution in [-0.4, -0.2) is 37.2 Å². The number of sulfone groups is 1. The van der Waals surface area contributed by atoms with Crippen LogP contribution in [0.4, 0.5) is 0 Å². The fourth-order valence-electron chi connectivity index (χ4n) is 3.18. The molecule has 1 aromatic carbocycles. The van der Waals surface area contributed by atoms with Crippen LogP contribution in [0.15, 0.2) is 23.1 Å². The van der Waals surface area contributed by atoms with Crippen molar-refractivity contribution in [3.05, 3.63) is 28.8 Å². The summed E-state index contributed by atoms with van der Waals surface area (Å²) in [6, 6.07) is 6.11. The molecule has 7 nitrogen and oxygen atoms in total. The first kappa shape index (κ1) is 19.2. The van der Waals surface area contributed by atoms with E-state index in [1.54, 1.807) is 13.0 Å². The molecule has 2 N–H and O–H groups in total. The Balaban J connectivity index is 2.32. The maximum absolute atomic E-state index is 12.9. The number of rotatable bonds is 5. The lowest BCUT2D eigenvalue weighted by atomic mass is 9.95. The molecule has 0 unspecified atom stereocenters. The number of amides is 1. The van der Waals surface area contributed by atoms with E-state index in [-0.39, 0.29) is 24.3 Å². The molecule has 1 fully saturated rings. The molecule has 0 spiro atoms. The molecule has 1 saturated carbocycles. The molecule has 0 aliphatic heterocycles. The highest BCUT2D eigenvalue weighted by Crippen LogP contribution is 2.39. The predicted octanol–water partition coefficient (Wildman–Crippen LogP) is 1.54. The summed E-state index contributed by atoms with van der Waals surface area (Å²) in [6.07, 6.45) is -0.247. The number of hydrogen-bond acceptors (Lipinski definition) is 5. The highest BCUT2D eigenvalue weighted by atomic mass is 35.5. The molecule has 1 aliphatic carbocycles. The van der Waals surface area contributed by atoms with E-state index in [1.165, 1.54) is 18.2 Å². The summed E-state index contributed by atoms with van der Waals surface area (Å²) in [6.45, 7) is 1.36. The number of aliphatic carboxylic acids is 1. The minimum Gasteiger partial charge on any atom is -0.481 e. The lowest BCUT2D eigenvalue weighted by molar-refractivity contribution is -0.146. The third-order valence-electron chi connectivity index (χ3n) is 4.40. The summed E-state index contributed by atoms with van der Waals surface area (Å²) >= 11 is 5.85. The largest absolute Gasteiger partial charge is 0.481 e. The fourth-order valence-corrected chi connectivity index (χ4v) is 5.45. The minimum atomic E-state index is -3.81. The highest BCUT2D eigenvalue weighted by Gasteiger charge is 2.47. The molecule has 25 heavy (non-hydrogen) atoms. The SMILES string of the molecule is Cc1cc(Cl)ccc1S(=O)(=O)[C@H]1C[C@@H](C(=O)O)[C@H](C(=O)NCC#N)C1. The Morgan fingerprint density at radius 3 is 2.56 bits per heavy atom. The normalized spacial score (nSPS) is 23.0. The predicted molar refractivity (Wildman–Crippen MR) is 89.6 cm³/mol. The van der Waals surface area contributed by atoms with Gasteiger partial charge in [0.1, 0.15) is 6.54 Å². The van der Waals surface area contributed by atoms with Gasteiger partial charge < -0.3 is 10.4 Å². The molecular formula is C16H17ClN2O5S. The zero-order valence-corrected chi connectivity index (χ0v) is 15.0. The van der Waals surface area contributed by atoms with Gasteiger partial charge in [-0.1, -0.05) is 11.6 Å². The number of carbonyl (C=O) groups is 2. The highest BCUT2D eigenvalue weighted by molar-refractivity contribution is 7.92. The molecule has 9 heteroatoms. The number of nitrogens with one attached hydrogen (secondary N) is 1. The number of carbonyl (C=O) groups excluding carboxylic acids is 1. The van der Waals surface area contributed by atoms with E-state index in [0.717, 1.165) is 0 Å². The van der Waals surface area contributed by atoms with Gasteiger partial charge in [0.05, 0.1) is 28.1 Å². The van der Waals surface area contributed by atoms with Crippen LogP contribution in [0.3, 0.4) is 0 Å². The van der Waals surface area contributed by atoms with Crippen molar-refractivity contribution >= 4 is 33.3 Å². The average Bonchev–Trinajstić information content (AvgIpc) is 2.98. The molecule has 3 atom stereocenters. The molecule has 1 aromatic rings. The number of aryl methyl sites for hydroxylation is 1. The Kier molecular flexibility index (Phi) is 5.70. The Hall–Kier alpha value is -2.11. The summed E-state index contributed by atoms with van der Waals surface area (Å²) in [7, 11) is -3.81. The summed E-state index contributed by atoms with van der Waals surface area (Å²) in [5, 5.41) is 19.6. The zero-order chi connectivity index (χ0) is 18.8. The molecule has 2 rings (SSSR count). The third kappa shape index (κ3) is 3.94. The van der Waals surface area contributed by atoms with E-state index in [4.69, 9.17) is 16.9 Å². The number of carboxylic acids is 1. The van der Waals surface area contributed by atoms with Crippen LogP contribution in [0, 0.1) is 30.1 Å². The lowest BCUT2D eigenvalue weighted by Crippen LogP contribution is -2.35. The van der Waals surface area contributed by atoms with Gasteiger partial charge in [0.25, 0.3) is 0 Å². The van der Waals surface area contributed by atoms with Crippen LogP contribution in [0.5, 0.6) is 0 Å². The van der Waals surface area contributed by atoms with Gasteiger partial charge in [-0.2, -0.15) is 5.26 Å². The maximum atomic E-state index is 12.9. The number of nitrogens with zero attached hydrogens (tertiary/aromatic N) is 1. The Morgan fingerprint density at radius 1 is 1.36 bits per heavy atom. The van der Waals surface area contributed by atoms with Crippen molar-refractivity contribution in [2.24, 2.45) is 11.8 Å². The molecule has 0 radical (unpaired) electrons. The molecule has 0 heterocycles. The Labute approximate surface area is 150 Å². The van der Waals surface area contributed by atoms with E-state index in [0.29, 0.717) is 10.6 Å². The van der Waals surface area contributed by atoms with E-state index < -0.39 is 38.8 Å². The van der Waals surface area contributed by atoms with Crippen LogP contribution in [-0.2, 0) is 19.4 Å². The second-order valence-corrected chi connectivity index (χ2v) is 8.61. The van der Waals surface area contributed by atoms with Crippen molar-refractivity contribution in [3.63, 3.8) is 0 Å². The molecule has 0 saturated heterocycles. The van der Waals surface area contributed by atoms with Crippen molar-refractivity contribution in [3.8, 4) is 6.07 Å². The third-order valence-corrected chi connectivity index (χ3v) is 6.97. The van der Waals surface area contributed by atoms with Crippen molar-refractivity contribution in [1.82, 2.24) is 5.32 Å². The van der Waals surface area contributed by atoms with Gasteiger partial charge in [0.15, 0.2) is 9.84 Å². The first-order chi connectivity index (χ1) is 11.7. The molecule has 0 bridgehead atoms. The second kappa shape index (κ2) is 7.42. The summed E-state index contributed by atoms with van der Waals surface area (Å²) in [5.74, 6) is -3.92. The van der Waals surface area contributed by atoms with Crippen LogP contribution in [0.2, 0.25) is 5.02 Å². The Bertz CT molecular complexity index is 847. The summed E-state index contributed by atoms with van der Waals surface area (Å²) in [5.41, 5.74) is 0.469. The van der Waals surface area contributed by atoms with Crippen molar-refractivity contribution in [1.29, 1.82) is 5.26 Å². The van der Waals surface area contributed by atoms with Crippen LogP contribution in [0.1, 0.15) is 18.4 Å². The van der Waals surface area contributed by atoms with Gasteiger partial charge in [-0.15, -0.1) is 0 Å². The van der Waals surface area contributed by atoms with Gasteiger partial charge in [-0.3, -0.25) is 9.59 Å². The number of nitriles is 1. The van der Waals surface area contributed by atoms with Gasteiger partial charge in [-0.25, -0.2) is 8.42 Å². The van der Waals surface area contributed by atoms with Gasteiger partial charge in [0.2, 0.25) is 5.91 Å². The average molecular weight is 385 g/mol. The molecule has 1 amide bonds. The minimum absolute atomic E-state index is 0.0871. The fraction of sp³-hybridized carbons (Fsp3) is 0.438. The standard InChI is InChI=1S/C16H17ClN2O5S/c1-9-6-10(17)2-3-14(9)25(23,24)11-7-12(13(8-11)16(21)22)15(20)19-5-4-18/h2-3,6,11-13H,5,7-8H2,1H3,(H,19,20)(H,21,22)/t11-,12-,13-/m1/s1. The second-order valence-electron chi connectivity index (χ2n) is 5.98. The number of benzene rings is 1. The van der Waals surface area contributed by atoms with Crippen LogP contribution < -0.4 is 5.32 Å². The first-order valence-electron chi connectivity index (χ1n) is 7.56. The first-order valence-corrected chi connectivity index (χ1v) is 9.48. The Morgan fingerprint density at radius 2 is 2.00 bits per heavy atom. The van der Waals surface area contributed by atoms with E-state index in [9.17, 15) is 23.1 Å². The van der Waals surface area contributed by atoms with Gasteiger partial charge >= 0.3 is 5.97 Å². The van der Waals surface area contributed by atoms with Crippen LogP contribution in [0.25, 0.3) is 0 Å². The van der Waals surface area contributed by atoms with Crippen molar-refractivity contribution < 1.29 is 23.1 Å². The van der Waals surface area contributed by atoms with Crippen molar-refractivity contribution in [2.75, 3.05) is 6.54 Å². The molecule has 0 aromatic heterocycles. The summed E-state index contributed by atoms with van der Waals surface area (Å²) in [4.78, 5) is 23.6. The quantitative estimate of drug-likeness (QED) is 0.742. The topological polar surface area (TPSA) is 124 Å². The monoisotopic (exact) mass is 384 g/mol. The van der Waals surface area contributed by atoms with Crippen molar-refractivity contribution in [2.45, 2.75) is 29.9 Å². The molecule has 134 valence electrons. The molecule has 1 aliphatic rings.